The fourth-order valence-corrected chi connectivity index (χ4v) is 2.71. The monoisotopic (exact) mass is 295 g/mol. The lowest BCUT2D eigenvalue weighted by atomic mass is 10.1. The Hall–Kier alpha value is -1.82. The number of nitrogen functional groups attached to an aromatic ring is 1. The molecule has 0 amide bonds. The van der Waals surface area contributed by atoms with Gasteiger partial charge in [-0.1, -0.05) is 6.92 Å². The van der Waals surface area contributed by atoms with Gasteiger partial charge in [-0.15, -0.1) is 0 Å². The zero-order valence-electron chi connectivity index (χ0n) is 12.7. The topological polar surface area (TPSA) is 58.8 Å². The highest BCUT2D eigenvalue weighted by Crippen LogP contribution is 2.28. The quantitative estimate of drug-likeness (QED) is 0.680. The number of likely N-dealkylation sites (N-methyl/N-ethyl adjacent to an activating group) is 1. The smallest absolute Gasteiger partial charge is 0.340 e. The Bertz CT molecular complexity index is 536. The largest absolute Gasteiger partial charge is 0.465 e. The second kappa shape index (κ2) is 6.30. The molecule has 1 saturated heterocycles. The Balaban J connectivity index is 2.33. The van der Waals surface area contributed by atoms with Crippen LogP contribution in [0.2, 0.25) is 0 Å². The van der Waals surface area contributed by atoms with Gasteiger partial charge in [0.1, 0.15) is 5.82 Å². The molecule has 1 aliphatic heterocycles. The van der Waals surface area contributed by atoms with E-state index in [1.54, 1.807) is 0 Å². The van der Waals surface area contributed by atoms with Crippen LogP contribution in [0, 0.1) is 5.82 Å². The van der Waals surface area contributed by atoms with Crippen LogP contribution in [0.3, 0.4) is 0 Å². The van der Waals surface area contributed by atoms with Crippen LogP contribution in [0.15, 0.2) is 12.1 Å². The zero-order chi connectivity index (χ0) is 15.6. The van der Waals surface area contributed by atoms with Gasteiger partial charge in [-0.05, 0) is 25.6 Å². The van der Waals surface area contributed by atoms with Crippen LogP contribution in [0.25, 0.3) is 0 Å². The number of carbonyl (C=O) groups is 1. The Kier molecular flexibility index (Phi) is 4.67. The number of hydrogen-bond donors (Lipinski definition) is 1. The maximum absolute atomic E-state index is 14.2. The minimum Gasteiger partial charge on any atom is -0.465 e. The summed E-state index contributed by atoms with van der Waals surface area (Å²) in [6.45, 7) is 4.42. The van der Waals surface area contributed by atoms with Crippen molar-refractivity contribution in [3.05, 3.63) is 23.5 Å². The molecule has 116 valence electrons. The molecular weight excluding hydrogens is 273 g/mol. The second-order valence-corrected chi connectivity index (χ2v) is 5.37. The molecule has 0 bridgehead atoms. The summed E-state index contributed by atoms with van der Waals surface area (Å²) >= 11 is 0. The number of carbonyl (C=O) groups excluding carboxylic acids is 1. The summed E-state index contributed by atoms with van der Waals surface area (Å²) in [4.78, 5) is 15.9. The van der Waals surface area contributed by atoms with E-state index in [0.717, 1.165) is 19.5 Å². The summed E-state index contributed by atoms with van der Waals surface area (Å²) in [5, 5.41) is 0. The molecule has 0 spiro atoms. The maximum Gasteiger partial charge on any atom is 0.340 e. The molecule has 1 unspecified atom stereocenters. The van der Waals surface area contributed by atoms with Crippen molar-refractivity contribution in [1.82, 2.24) is 4.90 Å². The summed E-state index contributed by atoms with van der Waals surface area (Å²) in [5.74, 6) is -0.950. The lowest BCUT2D eigenvalue weighted by Crippen LogP contribution is -2.51. The second-order valence-electron chi connectivity index (χ2n) is 5.37. The molecule has 1 aromatic rings. The zero-order valence-corrected chi connectivity index (χ0v) is 12.7. The summed E-state index contributed by atoms with van der Waals surface area (Å²) in [5.41, 5.74) is 6.43. The van der Waals surface area contributed by atoms with Gasteiger partial charge in [-0.3, -0.25) is 4.90 Å². The van der Waals surface area contributed by atoms with E-state index in [1.807, 2.05) is 4.90 Å². The number of halogens is 1. The average molecular weight is 295 g/mol. The van der Waals surface area contributed by atoms with Gasteiger partial charge in [0.05, 0.1) is 18.4 Å². The third kappa shape index (κ3) is 3.10. The Morgan fingerprint density at radius 1 is 1.48 bits per heavy atom. The van der Waals surface area contributed by atoms with E-state index in [9.17, 15) is 9.18 Å². The number of anilines is 2. The van der Waals surface area contributed by atoms with E-state index in [-0.39, 0.29) is 11.3 Å². The Morgan fingerprint density at radius 2 is 2.19 bits per heavy atom. The highest BCUT2D eigenvalue weighted by Gasteiger charge is 2.26. The number of ether oxygens (including phenoxy) is 1. The number of hydrogen-bond acceptors (Lipinski definition) is 5. The van der Waals surface area contributed by atoms with Gasteiger partial charge in [0, 0.05) is 31.4 Å². The molecule has 2 rings (SSSR count). The van der Waals surface area contributed by atoms with Gasteiger partial charge in [-0.2, -0.15) is 0 Å². The molecule has 1 heterocycles. The number of benzene rings is 1. The Labute approximate surface area is 124 Å². The van der Waals surface area contributed by atoms with Crippen molar-refractivity contribution in [2.75, 3.05) is 44.4 Å². The predicted octanol–water partition coefficient (Wildman–Crippen LogP) is 1.72. The first kappa shape index (κ1) is 15.6. The van der Waals surface area contributed by atoms with Crippen LogP contribution in [0.5, 0.6) is 0 Å². The molecule has 5 nitrogen and oxygen atoms in total. The first-order valence-electron chi connectivity index (χ1n) is 7.10. The molecule has 0 radical (unpaired) electrons. The number of piperazine rings is 1. The summed E-state index contributed by atoms with van der Waals surface area (Å²) < 4.78 is 18.9. The SMILES string of the molecule is CCC1CN(c2cc(C(=O)OC)c(N)cc2F)CCN1C. The first-order valence-corrected chi connectivity index (χ1v) is 7.10. The molecule has 1 aliphatic rings. The standard InChI is InChI=1S/C15H22FN3O2/c1-4-10-9-19(6-5-18(10)2)14-7-11(15(20)21-3)13(17)8-12(14)16/h7-8,10H,4-6,9,17H2,1-3H3. The highest BCUT2D eigenvalue weighted by molar-refractivity contribution is 5.96. The van der Waals surface area contributed by atoms with Crippen LogP contribution in [0.1, 0.15) is 23.7 Å². The van der Waals surface area contributed by atoms with E-state index < -0.39 is 11.8 Å². The number of nitrogens with zero attached hydrogens (tertiary/aromatic N) is 2. The van der Waals surface area contributed by atoms with E-state index in [1.165, 1.54) is 19.2 Å². The number of methoxy groups -OCH3 is 1. The molecule has 0 aliphatic carbocycles. The molecular formula is C15H22FN3O2. The third-order valence-corrected chi connectivity index (χ3v) is 4.11. The van der Waals surface area contributed by atoms with Gasteiger partial charge in [0.15, 0.2) is 0 Å². The summed E-state index contributed by atoms with van der Waals surface area (Å²) in [6, 6.07) is 3.06. The van der Waals surface area contributed by atoms with Crippen molar-refractivity contribution in [2.45, 2.75) is 19.4 Å². The summed E-state index contributed by atoms with van der Waals surface area (Å²) in [7, 11) is 3.36. The molecule has 1 aromatic carbocycles. The normalized spacial score (nSPS) is 19.6. The fraction of sp³-hybridized carbons (Fsp3) is 0.533. The minimum atomic E-state index is -0.546. The number of esters is 1. The average Bonchev–Trinajstić information content (AvgIpc) is 2.47. The fourth-order valence-electron chi connectivity index (χ4n) is 2.71. The van der Waals surface area contributed by atoms with Gasteiger partial charge in [0.25, 0.3) is 0 Å². The molecule has 6 heteroatoms. The Morgan fingerprint density at radius 3 is 2.81 bits per heavy atom. The van der Waals surface area contributed by atoms with E-state index in [0.29, 0.717) is 18.3 Å². The van der Waals surface area contributed by atoms with E-state index in [4.69, 9.17) is 10.5 Å². The number of rotatable bonds is 3. The van der Waals surface area contributed by atoms with Crippen molar-refractivity contribution in [2.24, 2.45) is 0 Å². The van der Waals surface area contributed by atoms with Crippen molar-refractivity contribution in [1.29, 1.82) is 0 Å². The van der Waals surface area contributed by atoms with Gasteiger partial charge in [0.2, 0.25) is 0 Å². The van der Waals surface area contributed by atoms with Gasteiger partial charge >= 0.3 is 5.97 Å². The molecule has 0 aromatic heterocycles. The third-order valence-electron chi connectivity index (χ3n) is 4.11. The lowest BCUT2D eigenvalue weighted by Gasteiger charge is -2.40. The maximum atomic E-state index is 14.2. The van der Waals surface area contributed by atoms with Crippen molar-refractivity contribution < 1.29 is 13.9 Å². The predicted molar refractivity (Wildman–Crippen MR) is 81.1 cm³/mol. The van der Waals surface area contributed by atoms with Gasteiger partial charge < -0.3 is 15.4 Å². The highest BCUT2D eigenvalue weighted by atomic mass is 19.1. The molecule has 1 fully saturated rings. The summed E-state index contributed by atoms with van der Waals surface area (Å²) in [6.07, 6.45) is 0.994. The van der Waals surface area contributed by atoms with Crippen LogP contribution in [-0.4, -0.2) is 50.7 Å². The van der Waals surface area contributed by atoms with Crippen molar-refractivity contribution >= 4 is 17.3 Å². The van der Waals surface area contributed by atoms with Crippen LogP contribution in [-0.2, 0) is 4.74 Å². The molecule has 0 saturated carbocycles. The molecule has 1 atom stereocenters. The lowest BCUT2D eigenvalue weighted by molar-refractivity contribution is 0.0602. The minimum absolute atomic E-state index is 0.101. The van der Waals surface area contributed by atoms with E-state index in [2.05, 4.69) is 18.9 Å². The van der Waals surface area contributed by atoms with Crippen molar-refractivity contribution in [3.8, 4) is 0 Å². The van der Waals surface area contributed by atoms with Crippen LogP contribution < -0.4 is 10.6 Å². The van der Waals surface area contributed by atoms with Crippen LogP contribution in [0.4, 0.5) is 15.8 Å². The molecule has 2 N–H and O–H groups in total. The van der Waals surface area contributed by atoms with Gasteiger partial charge in [-0.25, -0.2) is 9.18 Å². The van der Waals surface area contributed by atoms with E-state index >= 15 is 0 Å². The van der Waals surface area contributed by atoms with Crippen LogP contribution >= 0.6 is 0 Å². The first-order chi connectivity index (χ1) is 9.97. The molecule has 21 heavy (non-hydrogen) atoms. The van der Waals surface area contributed by atoms with Crippen molar-refractivity contribution in [3.63, 3.8) is 0 Å². The number of nitrogens with two attached hydrogens (primary N) is 1.